The van der Waals surface area contributed by atoms with Gasteiger partial charge in [0.15, 0.2) is 0 Å². The number of hydrogen-bond acceptors (Lipinski definition) is 3. The molecule has 0 amide bonds. The minimum atomic E-state index is -3.44. The van der Waals surface area contributed by atoms with Crippen LogP contribution < -0.4 is 4.72 Å². The Balaban J connectivity index is 2.08. The molecule has 1 aromatic carbocycles. The van der Waals surface area contributed by atoms with Crippen LogP contribution in [0.15, 0.2) is 29.2 Å². The highest BCUT2D eigenvalue weighted by atomic mass is 35.5. The Morgan fingerprint density at radius 3 is 2.61 bits per heavy atom. The number of aryl methyl sites for hydroxylation is 1. The van der Waals surface area contributed by atoms with Gasteiger partial charge in [-0.15, -0.1) is 11.6 Å². The molecule has 1 fully saturated rings. The van der Waals surface area contributed by atoms with E-state index in [1.165, 1.54) is 0 Å². The highest BCUT2D eigenvalue weighted by molar-refractivity contribution is 7.89. The molecule has 0 aliphatic carbocycles. The Morgan fingerprint density at radius 1 is 1.33 bits per heavy atom. The molecule has 100 valence electrons. The summed E-state index contributed by atoms with van der Waals surface area (Å²) in [5.74, 6) is 0.532. The molecule has 0 saturated carbocycles. The third kappa shape index (κ3) is 3.45. The molecule has 0 bridgehead atoms. The second kappa shape index (κ2) is 6.02. The van der Waals surface area contributed by atoms with Crippen molar-refractivity contribution in [3.8, 4) is 0 Å². The molecule has 0 spiro atoms. The molecule has 1 atom stereocenters. The van der Waals surface area contributed by atoms with Crippen LogP contribution in [0.25, 0.3) is 0 Å². The molecule has 6 heteroatoms. The van der Waals surface area contributed by atoms with Crippen molar-refractivity contribution in [1.82, 2.24) is 4.72 Å². The van der Waals surface area contributed by atoms with E-state index in [-0.39, 0.29) is 10.9 Å². The van der Waals surface area contributed by atoms with Gasteiger partial charge in [-0.2, -0.15) is 0 Å². The van der Waals surface area contributed by atoms with E-state index in [2.05, 4.69) is 4.72 Å². The number of nitrogens with one attached hydrogen (secondary N) is 1. The van der Waals surface area contributed by atoms with E-state index < -0.39 is 10.0 Å². The lowest BCUT2D eigenvalue weighted by Crippen LogP contribution is -2.34. The minimum Gasteiger partial charge on any atom is -0.380 e. The monoisotopic (exact) mass is 289 g/mol. The summed E-state index contributed by atoms with van der Waals surface area (Å²) in [6, 6.07) is 6.70. The van der Waals surface area contributed by atoms with Gasteiger partial charge in [0.25, 0.3) is 0 Å². The molecule has 18 heavy (non-hydrogen) atoms. The van der Waals surface area contributed by atoms with Gasteiger partial charge in [0.05, 0.1) is 11.5 Å². The lowest BCUT2D eigenvalue weighted by Gasteiger charge is -2.11. The fourth-order valence-electron chi connectivity index (χ4n) is 1.86. The van der Waals surface area contributed by atoms with E-state index in [0.29, 0.717) is 19.1 Å². The van der Waals surface area contributed by atoms with Crippen molar-refractivity contribution in [2.75, 3.05) is 19.1 Å². The predicted octanol–water partition coefficient (Wildman–Crippen LogP) is 1.54. The number of hydrogen-bond donors (Lipinski definition) is 1. The van der Waals surface area contributed by atoms with Crippen LogP contribution in [0.5, 0.6) is 0 Å². The van der Waals surface area contributed by atoms with Gasteiger partial charge in [-0.05, 0) is 30.5 Å². The Kier molecular flexibility index (Phi) is 4.61. The quantitative estimate of drug-likeness (QED) is 0.837. The first-order valence-electron chi connectivity index (χ1n) is 5.87. The molecule has 0 radical (unpaired) electrons. The maximum Gasteiger partial charge on any atom is 0.240 e. The SMILES string of the molecule is O=S(=O)(NC1CCOC1)c1ccc(CCCl)cc1. The Bertz CT molecular complexity index is 481. The van der Waals surface area contributed by atoms with Crippen molar-refractivity contribution >= 4 is 21.6 Å². The molecule has 4 nitrogen and oxygen atoms in total. The maximum atomic E-state index is 12.1. The zero-order chi connectivity index (χ0) is 13.0. The average molecular weight is 290 g/mol. The van der Waals surface area contributed by atoms with E-state index in [1.807, 2.05) is 0 Å². The molecule has 1 unspecified atom stereocenters. The van der Waals surface area contributed by atoms with Crippen molar-refractivity contribution in [2.45, 2.75) is 23.8 Å². The van der Waals surface area contributed by atoms with Crippen LogP contribution in [0, 0.1) is 0 Å². The molecule has 1 aromatic rings. The van der Waals surface area contributed by atoms with Crippen molar-refractivity contribution in [2.24, 2.45) is 0 Å². The standard InChI is InChI=1S/C12H16ClNO3S/c13-7-5-10-1-3-12(4-2-10)18(15,16)14-11-6-8-17-9-11/h1-4,11,14H,5-9H2. The lowest BCUT2D eigenvalue weighted by atomic mass is 10.2. The first-order chi connectivity index (χ1) is 8.62. The molecule has 1 aliphatic heterocycles. The summed E-state index contributed by atoms with van der Waals surface area (Å²) in [5, 5.41) is 0. The van der Waals surface area contributed by atoms with Crippen LogP contribution in [0.3, 0.4) is 0 Å². The fraction of sp³-hybridized carbons (Fsp3) is 0.500. The summed E-state index contributed by atoms with van der Waals surface area (Å²) in [6.07, 6.45) is 1.47. The van der Waals surface area contributed by atoms with Gasteiger partial charge in [-0.1, -0.05) is 12.1 Å². The maximum absolute atomic E-state index is 12.1. The van der Waals surface area contributed by atoms with Crippen LogP contribution >= 0.6 is 11.6 Å². The van der Waals surface area contributed by atoms with Gasteiger partial charge in [-0.25, -0.2) is 13.1 Å². The third-order valence-corrected chi connectivity index (χ3v) is 4.59. The summed E-state index contributed by atoms with van der Waals surface area (Å²) in [7, 11) is -3.44. The van der Waals surface area contributed by atoms with Crippen molar-refractivity contribution in [1.29, 1.82) is 0 Å². The lowest BCUT2D eigenvalue weighted by molar-refractivity contribution is 0.192. The van der Waals surface area contributed by atoms with E-state index >= 15 is 0 Å². The third-order valence-electron chi connectivity index (χ3n) is 2.87. The smallest absolute Gasteiger partial charge is 0.240 e. The van der Waals surface area contributed by atoms with Crippen LogP contribution in [-0.4, -0.2) is 33.6 Å². The van der Waals surface area contributed by atoms with Crippen LogP contribution in [0.2, 0.25) is 0 Å². The number of benzene rings is 1. The fourth-order valence-corrected chi connectivity index (χ4v) is 3.33. The van der Waals surface area contributed by atoms with Gasteiger partial charge in [0, 0.05) is 18.5 Å². The molecule has 1 heterocycles. The molecule has 0 aromatic heterocycles. The molecule has 2 rings (SSSR count). The number of alkyl halides is 1. The average Bonchev–Trinajstić information content (AvgIpc) is 2.82. The normalized spacial score (nSPS) is 20.2. The summed E-state index contributed by atoms with van der Waals surface area (Å²) in [5.41, 5.74) is 1.04. The largest absolute Gasteiger partial charge is 0.380 e. The highest BCUT2D eigenvalue weighted by Crippen LogP contribution is 2.14. The van der Waals surface area contributed by atoms with Gasteiger partial charge >= 0.3 is 0 Å². The first kappa shape index (κ1) is 13.8. The molecule has 1 aliphatic rings. The Labute approximate surface area is 112 Å². The number of halogens is 1. The zero-order valence-electron chi connectivity index (χ0n) is 9.93. The molecular weight excluding hydrogens is 274 g/mol. The van der Waals surface area contributed by atoms with Gasteiger partial charge in [-0.3, -0.25) is 0 Å². The summed E-state index contributed by atoms with van der Waals surface area (Å²) in [6.45, 7) is 1.06. The first-order valence-corrected chi connectivity index (χ1v) is 7.88. The zero-order valence-corrected chi connectivity index (χ0v) is 11.5. The Hall–Kier alpha value is -0.620. The van der Waals surface area contributed by atoms with Crippen LogP contribution in [0.4, 0.5) is 0 Å². The minimum absolute atomic E-state index is 0.113. The second-order valence-corrected chi connectivity index (χ2v) is 6.36. The van der Waals surface area contributed by atoms with Gasteiger partial charge in [0.1, 0.15) is 0 Å². The van der Waals surface area contributed by atoms with E-state index in [9.17, 15) is 8.42 Å². The van der Waals surface area contributed by atoms with E-state index in [4.69, 9.17) is 16.3 Å². The van der Waals surface area contributed by atoms with Crippen molar-refractivity contribution in [3.63, 3.8) is 0 Å². The topological polar surface area (TPSA) is 55.4 Å². The molecule has 1 N–H and O–H groups in total. The predicted molar refractivity (Wildman–Crippen MR) is 70.4 cm³/mol. The van der Waals surface area contributed by atoms with E-state index in [1.54, 1.807) is 24.3 Å². The molecular formula is C12H16ClNO3S. The summed E-state index contributed by atoms with van der Waals surface area (Å²) in [4.78, 5) is 0.285. The Morgan fingerprint density at radius 2 is 2.06 bits per heavy atom. The highest BCUT2D eigenvalue weighted by Gasteiger charge is 2.23. The van der Waals surface area contributed by atoms with E-state index in [0.717, 1.165) is 18.4 Å². The summed E-state index contributed by atoms with van der Waals surface area (Å²) >= 11 is 5.63. The number of sulfonamides is 1. The second-order valence-electron chi connectivity index (χ2n) is 4.26. The van der Waals surface area contributed by atoms with Crippen LogP contribution in [-0.2, 0) is 21.2 Å². The summed E-state index contributed by atoms with van der Waals surface area (Å²) < 4.78 is 31.9. The van der Waals surface area contributed by atoms with Gasteiger partial charge in [0.2, 0.25) is 10.0 Å². The molecule has 1 saturated heterocycles. The number of rotatable bonds is 5. The van der Waals surface area contributed by atoms with Crippen LogP contribution in [0.1, 0.15) is 12.0 Å². The number of ether oxygens (including phenoxy) is 1. The van der Waals surface area contributed by atoms with Gasteiger partial charge < -0.3 is 4.74 Å². The van der Waals surface area contributed by atoms with Crippen molar-refractivity contribution in [3.05, 3.63) is 29.8 Å². The van der Waals surface area contributed by atoms with Crippen molar-refractivity contribution < 1.29 is 13.2 Å².